The molecule has 6 nitrogen and oxygen atoms in total. The number of aryl methyl sites for hydroxylation is 6. The van der Waals surface area contributed by atoms with Crippen LogP contribution in [-0.4, -0.2) is 26.6 Å². The lowest BCUT2D eigenvalue weighted by atomic mass is 9.96. The summed E-state index contributed by atoms with van der Waals surface area (Å²) < 4.78 is 34.9. The van der Waals surface area contributed by atoms with Gasteiger partial charge in [-0.05, 0) is 147 Å². The zero-order valence-electron chi connectivity index (χ0n) is 73.3. The van der Waals surface area contributed by atoms with Crippen LogP contribution in [0.5, 0.6) is 0 Å². The van der Waals surface area contributed by atoms with E-state index in [2.05, 4.69) is 229 Å². The van der Waals surface area contributed by atoms with Gasteiger partial charge in [0.15, 0.2) is 0 Å². The van der Waals surface area contributed by atoms with Crippen molar-refractivity contribution in [1.82, 2.24) is 26.6 Å². The largest absolute Gasteiger partial charge is 0.340 e. The molecule has 14 heteroatoms. The SMILES string of the molecule is CCCCCCCCc1sc2c3cc(-c4ccc(-c5ccc6c(c5)c5ccccc5n6CCCCCCCC)c5nsnc45)sc3c3sc(-c4cc5c(s4)c4sc(-c6ccc(-c7ccc8c(c7)c7ccccc7n8CCCCCCCC)c7nsnc67)cc4c4sc(CCCCCCCC)c(CCCCCCCC)c54)cc3c2c1CCCCCCCC. The normalized spacial score (nSPS) is 12.4. The van der Waals surface area contributed by atoms with Gasteiger partial charge in [-0.2, -0.15) is 17.5 Å². The fourth-order valence-corrected chi connectivity index (χ4v) is 29.5. The fraction of sp³-hybridized carbons (Fsp3) is 0.444. The van der Waals surface area contributed by atoms with E-state index < -0.39 is 0 Å². The van der Waals surface area contributed by atoms with E-state index >= 15 is 0 Å². The molecule has 0 amide bonds. The molecule has 0 aliphatic rings. The van der Waals surface area contributed by atoms with Crippen LogP contribution in [0.4, 0.5) is 0 Å². The molecule has 0 fully saturated rings. The van der Waals surface area contributed by atoms with Crippen LogP contribution in [0.25, 0.3) is 179 Å². The van der Waals surface area contributed by atoms with E-state index in [0.29, 0.717) is 0 Å². The molecule has 122 heavy (non-hydrogen) atoms. The molecule has 0 spiro atoms. The average molecular weight is 1760 g/mol. The van der Waals surface area contributed by atoms with E-state index in [0.717, 1.165) is 72.0 Å². The zero-order valence-corrected chi connectivity index (χ0v) is 79.9. The van der Waals surface area contributed by atoms with Gasteiger partial charge in [-0.3, -0.25) is 0 Å². The average Bonchev–Trinajstić information content (AvgIpc) is 1.54. The highest BCUT2D eigenvalue weighted by molar-refractivity contribution is 7.35. The van der Waals surface area contributed by atoms with Crippen molar-refractivity contribution in [1.29, 1.82) is 0 Å². The standard InChI is InChI=1S/C108H124N6S8/c1-7-13-19-25-31-37-49-77-91(53-39-33-27-21-15-9-3)115-103-85-69-93(79-59-57-73(99-101(79)111-121-109-99)71-55-61-89-81(65-71)75-47-41-43-51-87(75)113(89)63-45-35-29-23-17-11-5)117-107(85)105-83(97(77)103)67-95(119-105)96-68-84-98-78(50-38-32-26-20-14-8-2)92(54-40-34-28-22-16-10-4)116-104(98)86-70-94(118-108(86)106(84)120-96)80-60-58-74(100-102(80)112-122-110-100)72-56-62-90-82(66-72)76-48-42-44-52-88(76)114(90)64-46-36-30-24-18-12-6/h41-44,47-48,51-52,55-62,65-70H,7-40,45-46,49-50,53-54,63-64H2,1-6H3. The van der Waals surface area contributed by atoms with Gasteiger partial charge < -0.3 is 9.13 Å². The molecule has 8 aromatic carbocycles. The highest BCUT2D eigenvalue weighted by atomic mass is 32.1. The maximum absolute atomic E-state index is 5.28. The van der Waals surface area contributed by atoms with Crippen LogP contribution >= 0.6 is 91.5 Å². The Morgan fingerprint density at radius 1 is 0.238 bits per heavy atom. The van der Waals surface area contributed by atoms with Gasteiger partial charge in [0.2, 0.25) is 0 Å². The third-order valence-corrected chi connectivity index (χ3v) is 35.7. The third-order valence-electron chi connectivity index (χ3n) is 26.9. The van der Waals surface area contributed by atoms with Gasteiger partial charge in [-0.1, -0.05) is 307 Å². The fourth-order valence-electron chi connectivity index (χ4n) is 20.3. The van der Waals surface area contributed by atoms with Gasteiger partial charge in [0.05, 0.1) is 42.3 Å². The van der Waals surface area contributed by atoms with Gasteiger partial charge in [-0.25, -0.2) is 0 Å². The predicted molar refractivity (Wildman–Crippen MR) is 549 cm³/mol. The smallest absolute Gasteiger partial charge is 0.114 e. The van der Waals surface area contributed by atoms with Crippen molar-refractivity contribution in [2.45, 2.75) is 311 Å². The molecule has 0 radical (unpaired) electrons. The van der Waals surface area contributed by atoms with Crippen molar-refractivity contribution < 1.29 is 0 Å². The highest BCUT2D eigenvalue weighted by Gasteiger charge is 2.29. The van der Waals surface area contributed by atoms with Crippen molar-refractivity contribution in [2.75, 3.05) is 0 Å². The first kappa shape index (κ1) is 85.5. The van der Waals surface area contributed by atoms with Crippen LogP contribution in [0.15, 0.2) is 133 Å². The highest BCUT2D eigenvalue weighted by Crippen LogP contribution is 2.57. The van der Waals surface area contributed by atoms with Crippen LogP contribution in [0, 0.1) is 0 Å². The Bertz CT molecular complexity index is 6230. The Labute approximate surface area is 756 Å². The van der Waals surface area contributed by atoms with Crippen molar-refractivity contribution in [3.63, 3.8) is 0 Å². The molecule has 0 aliphatic carbocycles. The number of aromatic nitrogens is 6. The number of hydrogen-bond acceptors (Lipinski definition) is 12. The number of fused-ring (bicyclic) bond motifs is 20. The molecule has 10 aromatic heterocycles. The van der Waals surface area contributed by atoms with E-state index in [1.165, 1.54) is 390 Å². The summed E-state index contributed by atoms with van der Waals surface area (Å²) in [5.74, 6) is 0. The van der Waals surface area contributed by atoms with Crippen molar-refractivity contribution in [3.05, 3.63) is 154 Å². The minimum absolute atomic E-state index is 1.00. The second-order valence-corrected chi connectivity index (χ2v) is 43.0. The van der Waals surface area contributed by atoms with Crippen LogP contribution in [-0.2, 0) is 38.8 Å². The van der Waals surface area contributed by atoms with E-state index in [-0.39, 0.29) is 0 Å². The first-order chi connectivity index (χ1) is 60.4. The van der Waals surface area contributed by atoms with Crippen LogP contribution in [0.3, 0.4) is 0 Å². The summed E-state index contributed by atoms with van der Waals surface area (Å²) in [6, 6.07) is 52.7. The monoisotopic (exact) mass is 1760 g/mol. The number of unbranched alkanes of at least 4 members (excludes halogenated alkanes) is 30. The van der Waals surface area contributed by atoms with Crippen molar-refractivity contribution >= 4 is 218 Å². The summed E-state index contributed by atoms with van der Waals surface area (Å²) in [6.45, 7) is 16.1. The van der Waals surface area contributed by atoms with E-state index in [9.17, 15) is 0 Å². The number of thiophene rings is 6. The second-order valence-electron chi connectivity index (χ2n) is 35.5. The lowest BCUT2D eigenvalue weighted by Gasteiger charge is -2.09. The topological polar surface area (TPSA) is 61.4 Å². The second kappa shape index (κ2) is 40.6. The summed E-state index contributed by atoms with van der Waals surface area (Å²) in [6.07, 6.45) is 51.4. The molecule has 0 bridgehead atoms. The Morgan fingerprint density at radius 2 is 0.541 bits per heavy atom. The summed E-state index contributed by atoms with van der Waals surface area (Å²) in [7, 11) is 0. The molecule has 0 atom stereocenters. The lowest BCUT2D eigenvalue weighted by molar-refractivity contribution is 0.571. The zero-order chi connectivity index (χ0) is 82.8. The molecule has 634 valence electrons. The van der Waals surface area contributed by atoms with E-state index in [1.54, 1.807) is 31.7 Å². The van der Waals surface area contributed by atoms with Crippen LogP contribution in [0.1, 0.15) is 294 Å². The molecule has 18 aromatic rings. The Morgan fingerprint density at radius 3 is 0.926 bits per heavy atom. The molecule has 18 rings (SSSR count). The van der Waals surface area contributed by atoms with E-state index in [4.69, 9.17) is 17.5 Å². The Hall–Kier alpha value is -7.24. The molecule has 0 N–H and O–H groups in total. The summed E-state index contributed by atoms with van der Waals surface area (Å²) in [5, 5.41) is 14.2. The number of nitrogens with zero attached hydrogens (tertiary/aromatic N) is 6. The van der Waals surface area contributed by atoms with Gasteiger partial charge >= 0.3 is 0 Å². The number of para-hydroxylation sites is 2. The number of benzene rings is 8. The summed E-state index contributed by atoms with van der Waals surface area (Å²) in [4.78, 5) is 8.67. The summed E-state index contributed by atoms with van der Waals surface area (Å²) >= 11 is 15.2. The lowest BCUT2D eigenvalue weighted by Crippen LogP contribution is -1.97. The molecular formula is C108H124N6S8. The molecule has 0 aliphatic heterocycles. The Kier molecular flexibility index (Phi) is 28.5. The molecular weight excluding hydrogens is 1640 g/mol. The van der Waals surface area contributed by atoms with Crippen LogP contribution < -0.4 is 0 Å². The number of hydrogen-bond donors (Lipinski definition) is 0. The third kappa shape index (κ3) is 17.6. The van der Waals surface area contributed by atoms with E-state index in [1.807, 2.05) is 22.7 Å². The minimum Gasteiger partial charge on any atom is -0.340 e. The molecule has 10 heterocycles. The first-order valence-electron chi connectivity index (χ1n) is 47.8. The maximum Gasteiger partial charge on any atom is 0.114 e. The van der Waals surface area contributed by atoms with Crippen LogP contribution in [0.2, 0.25) is 0 Å². The molecule has 0 saturated carbocycles. The summed E-state index contributed by atoms with van der Waals surface area (Å²) in [5.41, 5.74) is 19.8. The van der Waals surface area contributed by atoms with Gasteiger partial charge in [0, 0.05) is 150 Å². The van der Waals surface area contributed by atoms with Crippen molar-refractivity contribution in [3.8, 4) is 52.9 Å². The minimum atomic E-state index is 1.00. The first-order valence-corrected chi connectivity index (χ1v) is 54.1. The Balaban J connectivity index is 0.777. The molecule has 0 unspecified atom stereocenters. The van der Waals surface area contributed by atoms with Gasteiger partial charge in [0.1, 0.15) is 22.1 Å². The van der Waals surface area contributed by atoms with Gasteiger partial charge in [-0.15, -0.1) is 68.0 Å². The molecule has 0 saturated heterocycles. The van der Waals surface area contributed by atoms with Crippen molar-refractivity contribution in [2.24, 2.45) is 0 Å². The maximum atomic E-state index is 5.28. The number of rotatable bonds is 47. The van der Waals surface area contributed by atoms with Gasteiger partial charge in [0.25, 0.3) is 0 Å². The predicted octanol–water partition coefficient (Wildman–Crippen LogP) is 37.9. The quantitative estimate of drug-likeness (QED) is 0.0357.